The maximum absolute atomic E-state index is 12.4. The molecule has 0 bridgehead atoms. The number of nitrogens with two attached hydrogens (primary N) is 1. The smallest absolute Gasteiger partial charge is 0.338 e. The maximum Gasteiger partial charge on any atom is 0.338 e. The van der Waals surface area contributed by atoms with E-state index >= 15 is 0 Å². The zero-order valence-electron chi connectivity index (χ0n) is 13.8. The molecule has 0 aromatic heterocycles. The van der Waals surface area contributed by atoms with Crippen LogP contribution in [0.15, 0.2) is 35.5 Å². The van der Waals surface area contributed by atoms with Crippen LogP contribution in [0.25, 0.3) is 0 Å². The van der Waals surface area contributed by atoms with Gasteiger partial charge in [-0.25, -0.2) is 10.6 Å². The van der Waals surface area contributed by atoms with Gasteiger partial charge in [0.2, 0.25) is 0 Å². The number of carbonyl (C=O) groups excluding carboxylic acids is 1. The van der Waals surface area contributed by atoms with Crippen LogP contribution in [0.2, 0.25) is 0 Å². The number of esters is 1. The van der Waals surface area contributed by atoms with Gasteiger partial charge in [0.1, 0.15) is 0 Å². The lowest BCUT2D eigenvalue weighted by Crippen LogP contribution is -2.50. The molecule has 0 spiro atoms. The van der Waals surface area contributed by atoms with Crippen LogP contribution in [0.5, 0.6) is 0 Å². The minimum absolute atomic E-state index is 0.302. The molecule has 1 heterocycles. The summed E-state index contributed by atoms with van der Waals surface area (Å²) in [6, 6.07) is 7.54. The highest BCUT2D eigenvalue weighted by Gasteiger charge is 2.33. The van der Waals surface area contributed by atoms with E-state index < -0.39 is 5.97 Å². The van der Waals surface area contributed by atoms with Crippen molar-refractivity contribution in [2.75, 3.05) is 25.6 Å². The Hall–Kier alpha value is -2.12. The predicted molar refractivity (Wildman–Crippen MR) is 94.6 cm³/mol. The van der Waals surface area contributed by atoms with Gasteiger partial charge in [-0.05, 0) is 43.8 Å². The van der Waals surface area contributed by atoms with E-state index in [0.717, 1.165) is 11.3 Å². The van der Waals surface area contributed by atoms with Gasteiger partial charge < -0.3 is 15.0 Å². The molecule has 23 heavy (non-hydrogen) atoms. The first-order chi connectivity index (χ1) is 10.9. The highest BCUT2D eigenvalue weighted by Crippen LogP contribution is 2.31. The van der Waals surface area contributed by atoms with Gasteiger partial charge in [-0.2, -0.15) is 0 Å². The number of ether oxygens (including phenoxy) is 1. The van der Waals surface area contributed by atoms with Crippen molar-refractivity contribution in [2.24, 2.45) is 5.84 Å². The van der Waals surface area contributed by atoms with Gasteiger partial charge >= 0.3 is 5.97 Å². The Morgan fingerprint density at radius 1 is 1.39 bits per heavy atom. The molecule has 0 amide bonds. The van der Waals surface area contributed by atoms with Crippen LogP contribution < -0.4 is 16.1 Å². The van der Waals surface area contributed by atoms with Crippen molar-refractivity contribution in [1.29, 1.82) is 0 Å². The summed E-state index contributed by atoms with van der Waals surface area (Å²) in [5.74, 6) is 5.52. The minimum atomic E-state index is -0.392. The van der Waals surface area contributed by atoms with E-state index in [0.29, 0.717) is 23.0 Å². The van der Waals surface area contributed by atoms with E-state index in [1.165, 1.54) is 5.01 Å². The first kappa shape index (κ1) is 17.2. The van der Waals surface area contributed by atoms with Gasteiger partial charge in [-0.1, -0.05) is 12.1 Å². The maximum atomic E-state index is 12.4. The van der Waals surface area contributed by atoms with E-state index in [1.807, 2.05) is 43.3 Å². The zero-order chi connectivity index (χ0) is 17.1. The largest absolute Gasteiger partial charge is 0.463 e. The number of rotatable bonds is 4. The summed E-state index contributed by atoms with van der Waals surface area (Å²) in [6.45, 7) is 3.84. The van der Waals surface area contributed by atoms with Crippen molar-refractivity contribution in [2.45, 2.75) is 19.9 Å². The van der Waals surface area contributed by atoms with Crippen molar-refractivity contribution >= 4 is 29.0 Å². The second-order valence-electron chi connectivity index (χ2n) is 5.46. The fourth-order valence-electron chi connectivity index (χ4n) is 2.45. The third kappa shape index (κ3) is 3.46. The second kappa shape index (κ2) is 6.97. The lowest BCUT2D eigenvalue weighted by atomic mass is 9.95. The number of benzene rings is 1. The molecule has 0 saturated heterocycles. The van der Waals surface area contributed by atoms with E-state index in [4.69, 9.17) is 22.8 Å². The molecule has 2 rings (SSSR count). The van der Waals surface area contributed by atoms with Crippen LogP contribution in [0.4, 0.5) is 5.69 Å². The molecule has 3 N–H and O–H groups in total. The van der Waals surface area contributed by atoms with Gasteiger partial charge in [0, 0.05) is 25.5 Å². The Balaban J connectivity index is 2.44. The van der Waals surface area contributed by atoms with Crippen LogP contribution in [-0.2, 0) is 9.53 Å². The van der Waals surface area contributed by atoms with E-state index in [2.05, 4.69) is 5.32 Å². The van der Waals surface area contributed by atoms with Crippen LogP contribution in [0, 0.1) is 0 Å². The highest BCUT2D eigenvalue weighted by molar-refractivity contribution is 7.80. The quantitative estimate of drug-likeness (QED) is 0.493. The number of allylic oxidation sites excluding steroid dienone is 1. The Bertz CT molecular complexity index is 640. The van der Waals surface area contributed by atoms with Gasteiger partial charge in [0.15, 0.2) is 5.11 Å². The van der Waals surface area contributed by atoms with Crippen LogP contribution in [0.3, 0.4) is 0 Å². The molecular weight excluding hydrogens is 312 g/mol. The van der Waals surface area contributed by atoms with Gasteiger partial charge in [0.05, 0.1) is 18.2 Å². The normalized spacial score (nSPS) is 17.9. The van der Waals surface area contributed by atoms with Gasteiger partial charge in [-0.15, -0.1) is 0 Å². The lowest BCUT2D eigenvalue weighted by molar-refractivity contribution is -0.139. The Morgan fingerprint density at radius 2 is 2.00 bits per heavy atom. The average molecular weight is 334 g/mol. The molecule has 1 aromatic rings. The van der Waals surface area contributed by atoms with Gasteiger partial charge in [-0.3, -0.25) is 5.01 Å². The first-order valence-electron chi connectivity index (χ1n) is 7.37. The number of carbonyl (C=O) groups is 1. The zero-order valence-corrected chi connectivity index (χ0v) is 14.6. The van der Waals surface area contributed by atoms with E-state index in [9.17, 15) is 4.79 Å². The molecule has 1 aromatic carbocycles. The monoisotopic (exact) mass is 334 g/mol. The Morgan fingerprint density at radius 3 is 2.52 bits per heavy atom. The number of nitrogens with zero attached hydrogens (tertiary/aromatic N) is 2. The number of anilines is 1. The molecule has 0 unspecified atom stereocenters. The van der Waals surface area contributed by atoms with Crippen LogP contribution in [-0.4, -0.2) is 36.8 Å². The van der Waals surface area contributed by atoms with Crippen LogP contribution in [0.1, 0.15) is 25.5 Å². The third-order valence-electron chi connectivity index (χ3n) is 3.76. The number of hydrazine groups is 1. The standard InChI is InChI=1S/C16H22N4O2S/c1-5-22-15(21)13-10(2)20(17)16(23)18-14(13)11-6-8-12(9-7-11)19(3)4/h6-9,14H,5,17H2,1-4H3,(H,18,23)/t14-/m1/s1. The second-order valence-corrected chi connectivity index (χ2v) is 5.84. The number of hydrogen-bond acceptors (Lipinski definition) is 5. The number of thiocarbonyl (C=S) groups is 1. The van der Waals surface area contributed by atoms with Crippen molar-refractivity contribution in [3.05, 3.63) is 41.1 Å². The number of nitrogens with one attached hydrogen (secondary N) is 1. The SMILES string of the molecule is CCOC(=O)C1=C(C)N(N)C(=S)N[C@@H]1c1ccc(N(C)C)cc1. The molecule has 1 atom stereocenters. The molecule has 0 radical (unpaired) electrons. The Labute approximate surface area is 141 Å². The summed E-state index contributed by atoms with van der Waals surface area (Å²) in [7, 11) is 3.95. The van der Waals surface area contributed by atoms with E-state index in [-0.39, 0.29) is 6.04 Å². The van der Waals surface area contributed by atoms with Crippen molar-refractivity contribution in [3.8, 4) is 0 Å². The summed E-state index contributed by atoms with van der Waals surface area (Å²) in [5.41, 5.74) is 3.06. The lowest BCUT2D eigenvalue weighted by Gasteiger charge is -2.34. The topological polar surface area (TPSA) is 70.8 Å². The van der Waals surface area contributed by atoms with E-state index in [1.54, 1.807) is 13.8 Å². The van der Waals surface area contributed by atoms with Gasteiger partial charge in [0.25, 0.3) is 0 Å². The summed E-state index contributed by atoms with van der Waals surface area (Å²) in [6.07, 6.45) is 0. The molecule has 6 nitrogen and oxygen atoms in total. The summed E-state index contributed by atoms with van der Waals surface area (Å²) in [4.78, 5) is 14.4. The van der Waals surface area contributed by atoms with Crippen molar-refractivity contribution in [3.63, 3.8) is 0 Å². The molecule has 0 aliphatic carbocycles. The summed E-state index contributed by atoms with van der Waals surface area (Å²) >= 11 is 5.25. The first-order valence-corrected chi connectivity index (χ1v) is 7.78. The molecular formula is C16H22N4O2S. The Kier molecular flexibility index (Phi) is 5.23. The molecule has 1 aliphatic rings. The van der Waals surface area contributed by atoms with Crippen molar-refractivity contribution < 1.29 is 9.53 Å². The predicted octanol–water partition coefficient (Wildman–Crippen LogP) is 1.69. The fourth-order valence-corrected chi connectivity index (χ4v) is 2.70. The highest BCUT2D eigenvalue weighted by atomic mass is 32.1. The fraction of sp³-hybridized carbons (Fsp3) is 0.375. The summed E-state index contributed by atoms with van der Waals surface area (Å²) < 4.78 is 5.18. The third-order valence-corrected chi connectivity index (χ3v) is 4.08. The summed E-state index contributed by atoms with van der Waals surface area (Å²) in [5, 5.41) is 4.78. The molecule has 7 heteroatoms. The molecule has 0 fully saturated rings. The van der Waals surface area contributed by atoms with Crippen LogP contribution >= 0.6 is 12.2 Å². The number of hydrogen-bond donors (Lipinski definition) is 2. The molecule has 1 aliphatic heterocycles. The molecule has 124 valence electrons. The molecule has 0 saturated carbocycles. The van der Waals surface area contributed by atoms with Crippen molar-refractivity contribution in [1.82, 2.24) is 10.3 Å². The minimum Gasteiger partial charge on any atom is -0.463 e. The average Bonchev–Trinajstić information content (AvgIpc) is 2.52.